The van der Waals surface area contributed by atoms with Crippen LogP contribution in [0.2, 0.25) is 0 Å². The van der Waals surface area contributed by atoms with Gasteiger partial charge in [0.2, 0.25) is 10.0 Å². The largest absolute Gasteiger partial charge is 0.329 e. The minimum atomic E-state index is -3.60. The predicted octanol–water partition coefficient (Wildman–Crippen LogP) is -0.331. The van der Waals surface area contributed by atoms with E-state index in [9.17, 15) is 16.8 Å². The van der Waals surface area contributed by atoms with Crippen molar-refractivity contribution in [3.8, 4) is 0 Å². The lowest BCUT2D eigenvalue weighted by Crippen LogP contribution is -2.31. The fourth-order valence-electron chi connectivity index (χ4n) is 1.34. The van der Waals surface area contributed by atoms with Crippen LogP contribution in [0.4, 0.5) is 0 Å². The van der Waals surface area contributed by atoms with Crippen molar-refractivity contribution < 1.29 is 16.8 Å². The number of sulfone groups is 1. The van der Waals surface area contributed by atoms with Gasteiger partial charge in [0.1, 0.15) is 0 Å². The molecule has 0 fully saturated rings. The van der Waals surface area contributed by atoms with E-state index >= 15 is 0 Å². The molecule has 0 heterocycles. The van der Waals surface area contributed by atoms with Crippen LogP contribution in [0.1, 0.15) is 0 Å². The van der Waals surface area contributed by atoms with Gasteiger partial charge in [0.25, 0.3) is 0 Å². The van der Waals surface area contributed by atoms with Crippen LogP contribution in [-0.4, -0.2) is 47.5 Å². The number of hydrogen-bond donors (Lipinski definition) is 1. The van der Waals surface area contributed by atoms with Crippen molar-refractivity contribution in [2.75, 3.05) is 26.4 Å². The molecule has 0 radical (unpaired) electrons. The van der Waals surface area contributed by atoms with E-state index in [0.717, 1.165) is 10.6 Å². The molecular formula is C10H16N2O4S2. The average Bonchev–Trinajstić information content (AvgIpc) is 2.28. The first-order valence-electron chi connectivity index (χ1n) is 5.16. The molecule has 0 bridgehead atoms. The second-order valence-corrected chi connectivity index (χ2v) is 7.92. The van der Waals surface area contributed by atoms with Gasteiger partial charge in [0.15, 0.2) is 9.84 Å². The molecule has 1 aromatic carbocycles. The number of likely N-dealkylation sites (N-methyl/N-ethyl adjacent to an activating group) is 1. The van der Waals surface area contributed by atoms with Crippen molar-refractivity contribution in [3.63, 3.8) is 0 Å². The van der Waals surface area contributed by atoms with Crippen molar-refractivity contribution in [1.29, 1.82) is 0 Å². The van der Waals surface area contributed by atoms with Crippen LogP contribution < -0.4 is 5.73 Å². The van der Waals surface area contributed by atoms with Crippen molar-refractivity contribution in [2.45, 2.75) is 9.79 Å². The highest BCUT2D eigenvalue weighted by Gasteiger charge is 2.20. The molecule has 1 aromatic rings. The van der Waals surface area contributed by atoms with Crippen LogP contribution in [0, 0.1) is 0 Å². The number of sulfonamides is 1. The van der Waals surface area contributed by atoms with Gasteiger partial charge in [-0.1, -0.05) is 0 Å². The predicted molar refractivity (Wildman–Crippen MR) is 68.4 cm³/mol. The molecular weight excluding hydrogens is 276 g/mol. The molecule has 0 aliphatic heterocycles. The number of hydrogen-bond acceptors (Lipinski definition) is 5. The monoisotopic (exact) mass is 292 g/mol. The Labute approximate surface area is 107 Å². The van der Waals surface area contributed by atoms with Crippen molar-refractivity contribution in [1.82, 2.24) is 4.31 Å². The van der Waals surface area contributed by atoms with E-state index in [-0.39, 0.29) is 22.9 Å². The van der Waals surface area contributed by atoms with Gasteiger partial charge >= 0.3 is 0 Å². The standard InChI is InChI=1S/C10H16N2O4S2/c1-12(8-7-11)18(15,16)10-5-3-9(4-6-10)17(2,13)14/h3-6H,7-8,11H2,1-2H3. The van der Waals surface area contributed by atoms with Crippen molar-refractivity contribution in [2.24, 2.45) is 5.73 Å². The number of rotatable bonds is 5. The summed E-state index contributed by atoms with van der Waals surface area (Å²) in [5.41, 5.74) is 5.30. The highest BCUT2D eigenvalue weighted by molar-refractivity contribution is 7.90. The third-order valence-corrected chi connectivity index (χ3v) is 5.40. The Hall–Kier alpha value is -0.960. The fourth-order valence-corrected chi connectivity index (χ4v) is 3.16. The van der Waals surface area contributed by atoms with Crippen LogP contribution in [0.5, 0.6) is 0 Å². The minimum Gasteiger partial charge on any atom is -0.329 e. The average molecular weight is 292 g/mol. The summed E-state index contributed by atoms with van der Waals surface area (Å²) >= 11 is 0. The summed E-state index contributed by atoms with van der Waals surface area (Å²) in [6.07, 6.45) is 1.07. The molecule has 102 valence electrons. The lowest BCUT2D eigenvalue weighted by Gasteiger charge is -2.16. The van der Waals surface area contributed by atoms with Gasteiger partial charge in [-0.15, -0.1) is 0 Å². The molecule has 0 aliphatic carbocycles. The van der Waals surface area contributed by atoms with Gasteiger partial charge in [-0.25, -0.2) is 16.8 Å². The summed E-state index contributed by atoms with van der Waals surface area (Å²) < 4.78 is 47.6. The van der Waals surface area contributed by atoms with Crippen LogP contribution in [0.15, 0.2) is 34.1 Å². The van der Waals surface area contributed by atoms with Gasteiger partial charge in [0.05, 0.1) is 9.79 Å². The molecule has 0 aromatic heterocycles. The Morgan fingerprint density at radius 2 is 1.50 bits per heavy atom. The molecule has 0 saturated carbocycles. The highest BCUT2D eigenvalue weighted by Crippen LogP contribution is 2.17. The molecule has 6 nitrogen and oxygen atoms in total. The van der Waals surface area contributed by atoms with E-state index in [0.29, 0.717) is 0 Å². The van der Waals surface area contributed by atoms with E-state index in [1.165, 1.54) is 31.3 Å². The normalized spacial score (nSPS) is 12.9. The molecule has 8 heteroatoms. The molecule has 18 heavy (non-hydrogen) atoms. The minimum absolute atomic E-state index is 0.0471. The highest BCUT2D eigenvalue weighted by atomic mass is 32.2. The molecule has 0 atom stereocenters. The Morgan fingerprint density at radius 1 is 1.06 bits per heavy atom. The first-order chi connectivity index (χ1) is 8.19. The van der Waals surface area contributed by atoms with E-state index in [2.05, 4.69) is 0 Å². The van der Waals surface area contributed by atoms with Gasteiger partial charge in [0, 0.05) is 26.4 Å². The third kappa shape index (κ3) is 3.29. The summed E-state index contributed by atoms with van der Waals surface area (Å²) in [6, 6.07) is 5.11. The summed E-state index contributed by atoms with van der Waals surface area (Å²) in [4.78, 5) is 0.133. The second kappa shape index (κ2) is 5.35. The maximum absolute atomic E-state index is 12.0. The summed E-state index contributed by atoms with van der Waals surface area (Å²) in [6.45, 7) is 0.424. The van der Waals surface area contributed by atoms with Gasteiger partial charge < -0.3 is 5.73 Å². The maximum Gasteiger partial charge on any atom is 0.242 e. The van der Waals surface area contributed by atoms with E-state index in [4.69, 9.17) is 5.73 Å². The van der Waals surface area contributed by atoms with Crippen LogP contribution in [0.3, 0.4) is 0 Å². The summed E-state index contributed by atoms with van der Waals surface area (Å²) in [7, 11) is -5.51. The Kier molecular flexibility index (Phi) is 4.49. The Bertz CT molecular complexity index is 606. The Balaban J connectivity index is 3.13. The molecule has 0 aliphatic rings. The smallest absolute Gasteiger partial charge is 0.242 e. The second-order valence-electron chi connectivity index (χ2n) is 3.86. The van der Waals surface area contributed by atoms with Gasteiger partial charge in [-0.2, -0.15) is 4.31 Å². The number of benzene rings is 1. The molecule has 0 unspecified atom stereocenters. The van der Waals surface area contributed by atoms with Crippen molar-refractivity contribution in [3.05, 3.63) is 24.3 Å². The first-order valence-corrected chi connectivity index (χ1v) is 8.49. The molecule has 0 saturated heterocycles. The topological polar surface area (TPSA) is 97.5 Å². The van der Waals surface area contributed by atoms with E-state index < -0.39 is 19.9 Å². The third-order valence-electron chi connectivity index (χ3n) is 2.40. The van der Waals surface area contributed by atoms with Crippen LogP contribution in [-0.2, 0) is 19.9 Å². The van der Waals surface area contributed by atoms with Crippen LogP contribution >= 0.6 is 0 Å². The Morgan fingerprint density at radius 3 is 1.89 bits per heavy atom. The van der Waals surface area contributed by atoms with Gasteiger partial charge in [-0.05, 0) is 24.3 Å². The quantitative estimate of drug-likeness (QED) is 0.801. The van der Waals surface area contributed by atoms with E-state index in [1.54, 1.807) is 0 Å². The number of nitrogens with zero attached hydrogens (tertiary/aromatic N) is 1. The van der Waals surface area contributed by atoms with Crippen molar-refractivity contribution >= 4 is 19.9 Å². The SMILES string of the molecule is CN(CCN)S(=O)(=O)c1ccc(S(C)(=O)=O)cc1. The summed E-state index contributed by atoms with van der Waals surface area (Å²) in [5.74, 6) is 0. The van der Waals surface area contributed by atoms with E-state index in [1.807, 2.05) is 0 Å². The number of nitrogens with two attached hydrogens (primary N) is 1. The lowest BCUT2D eigenvalue weighted by atomic mass is 10.4. The zero-order valence-electron chi connectivity index (χ0n) is 10.2. The lowest BCUT2D eigenvalue weighted by molar-refractivity contribution is 0.476. The molecule has 2 N–H and O–H groups in total. The summed E-state index contributed by atoms with van der Waals surface area (Å²) in [5, 5.41) is 0. The zero-order chi connectivity index (χ0) is 14.0. The van der Waals surface area contributed by atoms with Gasteiger partial charge in [-0.3, -0.25) is 0 Å². The molecule has 0 spiro atoms. The molecule has 1 rings (SSSR count). The molecule has 0 amide bonds. The van der Waals surface area contributed by atoms with Crippen LogP contribution in [0.25, 0.3) is 0 Å². The zero-order valence-corrected chi connectivity index (χ0v) is 11.8. The first kappa shape index (κ1) is 15.1. The fraction of sp³-hybridized carbons (Fsp3) is 0.400. The maximum atomic E-state index is 12.0.